The molecule has 4 amide bonds. The first-order valence-corrected chi connectivity index (χ1v) is 39.7. The molecule has 2 aliphatic carbocycles. The van der Waals surface area contributed by atoms with Crippen molar-refractivity contribution < 1.29 is 58.0 Å². The number of esters is 2. The van der Waals surface area contributed by atoms with Crippen LogP contribution in [0.4, 0.5) is 0 Å². The number of amides is 4. The summed E-state index contributed by atoms with van der Waals surface area (Å²) in [7, 11) is 0. The van der Waals surface area contributed by atoms with Crippen molar-refractivity contribution in [1.29, 1.82) is 0 Å². The van der Waals surface area contributed by atoms with Crippen molar-refractivity contribution in [3.63, 3.8) is 0 Å². The van der Waals surface area contributed by atoms with Crippen molar-refractivity contribution in [2.24, 2.45) is 5.11 Å². The number of nitrogens with one attached hydrogen (secondary N) is 2. The minimum Gasteiger partial charge on any atom is -0.481 e. The van der Waals surface area contributed by atoms with Gasteiger partial charge in [-0.3, -0.25) is 43.4 Å². The Labute approximate surface area is 676 Å². The number of aliphatic carboxylic acids is 2. The number of fused-ring (bicyclic) bond motifs is 2. The second kappa shape index (κ2) is 63.8. The highest BCUT2D eigenvalue weighted by atomic mass is 32.2. The van der Waals surface area contributed by atoms with Gasteiger partial charge in [0.15, 0.2) is 0 Å². The van der Waals surface area contributed by atoms with Gasteiger partial charge in [0.2, 0.25) is 23.6 Å². The lowest BCUT2D eigenvalue weighted by molar-refractivity contribution is -0.137. The molecule has 0 saturated heterocycles. The predicted octanol–water partition coefficient (Wildman–Crippen LogP) is 15.9. The Bertz CT molecular complexity index is 3450. The minimum absolute atomic E-state index is 0. The fourth-order valence-electron chi connectivity index (χ4n) is 12.0. The molecule has 5 aromatic rings. The average Bonchev–Trinajstić information content (AvgIpc) is 0.972. The Kier molecular flexibility index (Phi) is 63.0. The highest BCUT2D eigenvalue weighted by Crippen LogP contribution is 2.34. The molecule has 7 rings (SSSR count). The summed E-state index contributed by atoms with van der Waals surface area (Å²) in [6.07, 6.45) is 21.1. The van der Waals surface area contributed by atoms with E-state index in [1.165, 1.54) is 49.1 Å². The third-order valence-corrected chi connectivity index (χ3v) is 20.9. The van der Waals surface area contributed by atoms with Crippen LogP contribution >= 0.6 is 46.2 Å². The maximum Gasteiger partial charge on any atom is 0.333 e. The number of rotatable bonds is 45. The smallest absolute Gasteiger partial charge is 0.333 e. The number of azide groups is 1. The quantitative estimate of drug-likeness (QED) is 0.00535. The molecule has 620 valence electrons. The Morgan fingerprint density at radius 2 is 1.07 bits per heavy atom. The largest absolute Gasteiger partial charge is 0.481 e. The minimum atomic E-state index is -0.832. The van der Waals surface area contributed by atoms with Crippen LogP contribution in [0.2, 0.25) is 0 Å². The zero-order valence-electron chi connectivity index (χ0n) is 59.8. The van der Waals surface area contributed by atoms with Crippen LogP contribution in [0.1, 0.15) is 208 Å². The average molecular weight is 1610 g/mol. The van der Waals surface area contributed by atoms with Crippen molar-refractivity contribution in [2.75, 3.05) is 95.0 Å². The highest BCUT2D eigenvalue weighted by Gasteiger charge is 2.29. The van der Waals surface area contributed by atoms with E-state index in [9.17, 15) is 38.4 Å². The molecule has 3 aromatic heterocycles. The molecule has 2 atom stereocenters. The Morgan fingerprint density at radius 1 is 0.609 bits per heavy atom. The zero-order valence-corrected chi connectivity index (χ0v) is 63.0. The van der Waals surface area contributed by atoms with Crippen LogP contribution in [-0.4, -0.2) is 199 Å². The fraction of sp³-hybridized carbons (Fsp3) is 0.610. The molecule has 4 N–H and O–H groups in total. The van der Waals surface area contributed by atoms with E-state index in [1.54, 1.807) is 29.8 Å². The van der Waals surface area contributed by atoms with Crippen LogP contribution in [-0.2, 0) is 89.8 Å². The number of thiophene rings is 2. The topological polar surface area (TPSA) is 312 Å². The molecule has 2 aromatic carbocycles. The van der Waals surface area contributed by atoms with E-state index in [-0.39, 0.29) is 109 Å². The summed E-state index contributed by atoms with van der Waals surface area (Å²) in [5, 5.41) is 38.8. The third kappa shape index (κ3) is 42.6. The molecule has 0 fully saturated rings. The van der Waals surface area contributed by atoms with E-state index in [2.05, 4.69) is 108 Å². The first-order chi connectivity index (χ1) is 49.5. The van der Waals surface area contributed by atoms with Crippen LogP contribution in [0.5, 0.6) is 11.5 Å². The van der Waals surface area contributed by atoms with E-state index in [1.807, 2.05) is 46.9 Å². The maximum atomic E-state index is 12.9. The van der Waals surface area contributed by atoms with E-state index < -0.39 is 23.9 Å². The number of carboxylic acids is 2. The van der Waals surface area contributed by atoms with Crippen LogP contribution < -0.4 is 20.1 Å². The molecule has 24 nitrogen and oxygen atoms in total. The number of aromatic nitrogens is 3. The third-order valence-electron chi connectivity index (χ3n) is 17.1. The van der Waals surface area contributed by atoms with Crippen LogP contribution in [0.3, 0.4) is 0 Å². The number of nitrogens with zero attached hydrogens (tertiary/aromatic N) is 10. The van der Waals surface area contributed by atoms with Gasteiger partial charge in [0, 0.05) is 140 Å². The van der Waals surface area contributed by atoms with Crippen molar-refractivity contribution in [2.45, 2.75) is 234 Å². The molecule has 0 radical (unpaired) electrons. The second-order valence-electron chi connectivity index (χ2n) is 24.6. The van der Waals surface area contributed by atoms with E-state index in [4.69, 9.17) is 31.6 Å². The normalized spacial score (nSPS) is 12.5. The van der Waals surface area contributed by atoms with Crippen LogP contribution in [0.25, 0.3) is 10.4 Å². The number of carbonyl (C=O) groups is 8. The number of terminal acetylenes is 1. The lowest BCUT2D eigenvalue weighted by Crippen LogP contribution is -2.41. The van der Waals surface area contributed by atoms with Gasteiger partial charge in [0.25, 0.3) is 0 Å². The molecular formula is C82H136N12O12S4. The number of carboxylic acid groups (broad SMARTS) is 2. The number of carbonyl (C=O) groups excluding carboxylic acids is 6. The standard InChI is InChI=1S/C37H52N6O6S2.C21H26N4O2S.C16H26N2O4S.8CH4/c1-3-18-41(19-15-31-10-7-22-51-31)30-13-14-32-28(25-30)8-5-11-33(32)49-37(48)27-43-26-29(39-40-43)9-6-12-34(44)38-17-20-42(35(45)4-2)21-24-50-23-16-36(46)47;1-2-11-25(12-10-18-6-4-13-28-18)17-8-9-19-16(14-17)5-3-7-20(19)27-21(26)15-23-24-22;1-3-5-6-7-14(19)17-9-10-18(15(20)4-2)11-13-23-12-8-16(21)22;;;;;;;;/h5,7-8,10-11,22,26,30H,3-4,6,9,12-21,23-25,27H2,1-2H3,(H,38,44)(H,46,47);3-7,13,17H,2,8-12,14-15H2,1H3;1H,4-13H2,2H3,(H,17,19)(H,21,22);8*1H4. The van der Waals surface area contributed by atoms with E-state index in [0.717, 1.165) is 102 Å². The molecular weight excluding hydrogens is 1470 g/mol. The second-order valence-corrected chi connectivity index (χ2v) is 29.2. The Morgan fingerprint density at radius 3 is 1.49 bits per heavy atom. The highest BCUT2D eigenvalue weighted by molar-refractivity contribution is 7.99. The molecule has 0 saturated carbocycles. The Balaban J connectivity index is -0.000000813. The summed E-state index contributed by atoms with van der Waals surface area (Å²) in [5.41, 5.74) is 13.8. The van der Waals surface area contributed by atoms with Crippen molar-refractivity contribution >= 4 is 93.7 Å². The number of benzene rings is 2. The summed E-state index contributed by atoms with van der Waals surface area (Å²) in [4.78, 5) is 108. The fourth-order valence-corrected chi connectivity index (χ4v) is 15.1. The summed E-state index contributed by atoms with van der Waals surface area (Å²) in [6.45, 7) is 14.7. The van der Waals surface area contributed by atoms with Gasteiger partial charge in [0.05, 0.1) is 18.5 Å². The number of aryl methyl sites for hydroxylation is 1. The SMILES string of the molecule is C.C.C.C.C.C.C.C.C#CCCCC(=O)NCCN(CCSCCC(=O)O)C(=O)CC.CCCN(CCc1cccs1)C1CCc2c(cccc2OC(=O)CN=[N+]=[N-])C1.CCCN(CCc1cccs1)C1CCc2c(cccc2OC(=O)Cn2cc(CCCC(=O)NCCN(CCSCCC(=O)O)C(=O)CC)nn2)C1. The van der Waals surface area contributed by atoms with Gasteiger partial charge in [0.1, 0.15) is 24.6 Å². The Hall–Kier alpha value is -7.77. The van der Waals surface area contributed by atoms with Crippen molar-refractivity contribution in [1.82, 2.24) is 45.2 Å². The molecule has 28 heteroatoms. The van der Waals surface area contributed by atoms with E-state index >= 15 is 0 Å². The number of hydrogen-bond donors (Lipinski definition) is 4. The van der Waals surface area contributed by atoms with Crippen molar-refractivity contribution in [3.05, 3.63) is 126 Å². The summed E-state index contributed by atoms with van der Waals surface area (Å²) >= 11 is 6.65. The molecule has 3 heterocycles. The predicted molar refractivity (Wildman–Crippen MR) is 458 cm³/mol. The van der Waals surface area contributed by atoms with E-state index in [0.29, 0.717) is 143 Å². The van der Waals surface area contributed by atoms with Gasteiger partial charge in [-0.2, -0.15) is 23.5 Å². The number of hydrogen-bond acceptors (Lipinski definition) is 19. The molecule has 0 spiro atoms. The summed E-state index contributed by atoms with van der Waals surface area (Å²) < 4.78 is 12.8. The van der Waals surface area contributed by atoms with Gasteiger partial charge in [-0.1, -0.05) is 134 Å². The molecule has 0 aliphatic heterocycles. The summed E-state index contributed by atoms with van der Waals surface area (Å²) in [5.74, 6) is 3.40. The van der Waals surface area contributed by atoms with Crippen LogP contribution in [0, 0.1) is 12.3 Å². The number of ether oxygens (including phenoxy) is 2. The van der Waals surface area contributed by atoms with Crippen molar-refractivity contribution in [3.8, 4) is 23.8 Å². The van der Waals surface area contributed by atoms with Gasteiger partial charge < -0.3 is 40.1 Å². The molecule has 0 bridgehead atoms. The molecule has 2 unspecified atom stereocenters. The number of unbranched alkanes of at least 4 members (excludes halogenated alkanes) is 1. The number of thioether (sulfide) groups is 2. The van der Waals surface area contributed by atoms with Gasteiger partial charge >= 0.3 is 23.9 Å². The molecule has 110 heavy (non-hydrogen) atoms. The van der Waals surface area contributed by atoms with Gasteiger partial charge in [-0.05, 0) is 159 Å². The summed E-state index contributed by atoms with van der Waals surface area (Å²) in [6, 6.07) is 21.5. The van der Waals surface area contributed by atoms with Crippen LogP contribution in [0.15, 0.2) is 82.7 Å². The first-order valence-electron chi connectivity index (χ1n) is 35.6. The molecule has 2 aliphatic rings. The van der Waals surface area contributed by atoms with Gasteiger partial charge in [-0.15, -0.1) is 40.1 Å². The monoisotopic (exact) mass is 1610 g/mol. The lowest BCUT2D eigenvalue weighted by atomic mass is 9.86. The lowest BCUT2D eigenvalue weighted by Gasteiger charge is -2.35. The maximum absolute atomic E-state index is 12.9. The first kappa shape index (κ1) is 109. The zero-order chi connectivity index (χ0) is 73.7. The van der Waals surface area contributed by atoms with Gasteiger partial charge in [-0.25, -0.2) is 9.48 Å².